The number of aliphatic hydroxyl groups excluding tert-OH is 1. The van der Waals surface area contributed by atoms with E-state index in [4.69, 9.17) is 25.5 Å². The third kappa shape index (κ3) is 4.18. The number of aliphatic hydroxyl groups is 1. The van der Waals surface area contributed by atoms with Crippen LogP contribution in [0.4, 0.5) is 0 Å². The molecule has 0 saturated heterocycles. The molecule has 2 rings (SSSR count). The standard InChI is InChI=1S/C7H8O3.C7H6O3/c2*8-4-5-3-6(9)1-2-7(5)10/h1-3,8-10H,4H2;1-4,9-10H. The van der Waals surface area contributed by atoms with E-state index in [-0.39, 0.29) is 35.2 Å². The van der Waals surface area contributed by atoms with Crippen molar-refractivity contribution in [2.45, 2.75) is 6.61 Å². The van der Waals surface area contributed by atoms with Crippen molar-refractivity contribution >= 4 is 6.29 Å². The minimum Gasteiger partial charge on any atom is -0.508 e. The molecular weight excluding hydrogens is 264 g/mol. The molecule has 0 spiro atoms. The van der Waals surface area contributed by atoms with E-state index in [1.165, 1.54) is 36.4 Å². The van der Waals surface area contributed by atoms with Crippen LogP contribution in [0.25, 0.3) is 0 Å². The molecule has 0 aliphatic rings. The molecule has 0 radical (unpaired) electrons. The molecule has 0 amide bonds. The Labute approximate surface area is 114 Å². The number of phenols is 4. The highest BCUT2D eigenvalue weighted by Gasteiger charge is 1.99. The van der Waals surface area contributed by atoms with Crippen LogP contribution >= 0.6 is 0 Å². The molecule has 2 aromatic carbocycles. The van der Waals surface area contributed by atoms with Crippen LogP contribution in [-0.2, 0) is 6.61 Å². The maximum atomic E-state index is 10.1. The smallest absolute Gasteiger partial charge is 0.153 e. The Balaban J connectivity index is 0.000000200. The average Bonchev–Trinajstić information content (AvgIpc) is 2.44. The molecular formula is C14H14O6. The molecule has 0 unspecified atom stereocenters. The van der Waals surface area contributed by atoms with Gasteiger partial charge in [-0.25, -0.2) is 0 Å². The van der Waals surface area contributed by atoms with E-state index < -0.39 is 0 Å². The van der Waals surface area contributed by atoms with Gasteiger partial charge in [-0.1, -0.05) is 0 Å². The van der Waals surface area contributed by atoms with Crippen LogP contribution in [0.15, 0.2) is 36.4 Å². The van der Waals surface area contributed by atoms with Crippen molar-refractivity contribution in [2.75, 3.05) is 0 Å². The van der Waals surface area contributed by atoms with Crippen LogP contribution in [0.3, 0.4) is 0 Å². The van der Waals surface area contributed by atoms with Crippen molar-refractivity contribution in [3.05, 3.63) is 47.5 Å². The molecule has 0 heterocycles. The van der Waals surface area contributed by atoms with Gasteiger partial charge in [-0.15, -0.1) is 0 Å². The lowest BCUT2D eigenvalue weighted by molar-refractivity contribution is 0.112. The van der Waals surface area contributed by atoms with E-state index in [1.54, 1.807) is 0 Å². The SMILES string of the molecule is O=Cc1cc(O)ccc1O.OCc1cc(O)ccc1O. The Morgan fingerprint density at radius 2 is 1.40 bits per heavy atom. The molecule has 0 fully saturated rings. The van der Waals surface area contributed by atoms with Gasteiger partial charge in [0.25, 0.3) is 0 Å². The normalized spacial score (nSPS) is 9.45. The van der Waals surface area contributed by atoms with Gasteiger partial charge in [0, 0.05) is 5.56 Å². The predicted octanol–water partition coefficient (Wildman–Crippen LogP) is 1.50. The number of carbonyl (C=O) groups excluding carboxylic acids is 1. The summed E-state index contributed by atoms with van der Waals surface area (Å²) < 4.78 is 0. The lowest BCUT2D eigenvalue weighted by Crippen LogP contribution is -1.82. The summed E-state index contributed by atoms with van der Waals surface area (Å²) in [7, 11) is 0. The Bertz CT molecular complexity index is 594. The molecule has 0 saturated carbocycles. The number of hydrogen-bond acceptors (Lipinski definition) is 6. The maximum Gasteiger partial charge on any atom is 0.153 e. The van der Waals surface area contributed by atoms with E-state index in [2.05, 4.69) is 0 Å². The summed E-state index contributed by atoms with van der Waals surface area (Å²) in [5.74, 6) is -0.102. The number of rotatable bonds is 2. The first-order valence-electron chi connectivity index (χ1n) is 5.56. The summed E-state index contributed by atoms with van der Waals surface area (Å²) in [5.41, 5.74) is 0.431. The lowest BCUT2D eigenvalue weighted by atomic mass is 10.2. The molecule has 0 aliphatic heterocycles. The van der Waals surface area contributed by atoms with Gasteiger partial charge in [-0.05, 0) is 36.4 Å². The van der Waals surface area contributed by atoms with E-state index in [1.807, 2.05) is 0 Å². The summed E-state index contributed by atoms with van der Waals surface area (Å²) in [6.45, 7) is -0.264. The lowest BCUT2D eigenvalue weighted by Gasteiger charge is -1.99. The van der Waals surface area contributed by atoms with Crippen molar-refractivity contribution in [3.8, 4) is 23.0 Å². The highest BCUT2D eigenvalue weighted by Crippen LogP contribution is 2.21. The highest BCUT2D eigenvalue weighted by atomic mass is 16.3. The summed E-state index contributed by atoms with van der Waals surface area (Å²) in [5, 5.41) is 44.1. The van der Waals surface area contributed by atoms with Crippen LogP contribution < -0.4 is 0 Å². The van der Waals surface area contributed by atoms with Crippen molar-refractivity contribution < 1.29 is 30.3 Å². The van der Waals surface area contributed by atoms with Crippen LogP contribution in [0, 0.1) is 0 Å². The third-order valence-corrected chi connectivity index (χ3v) is 2.37. The number of phenolic OH excluding ortho intramolecular Hbond substituents is 3. The molecule has 20 heavy (non-hydrogen) atoms. The molecule has 106 valence electrons. The zero-order valence-corrected chi connectivity index (χ0v) is 10.4. The van der Waals surface area contributed by atoms with Crippen molar-refractivity contribution in [2.24, 2.45) is 0 Å². The molecule has 2 aromatic rings. The first kappa shape index (κ1) is 15.3. The van der Waals surface area contributed by atoms with Gasteiger partial charge >= 0.3 is 0 Å². The molecule has 5 N–H and O–H groups in total. The van der Waals surface area contributed by atoms with Crippen molar-refractivity contribution in [3.63, 3.8) is 0 Å². The fourth-order valence-corrected chi connectivity index (χ4v) is 1.33. The zero-order chi connectivity index (χ0) is 15.1. The number of hydrogen-bond donors (Lipinski definition) is 5. The second-order valence-electron chi connectivity index (χ2n) is 3.83. The molecule has 6 nitrogen and oxygen atoms in total. The van der Waals surface area contributed by atoms with Gasteiger partial charge < -0.3 is 25.5 Å². The van der Waals surface area contributed by atoms with Crippen LogP contribution in [0.1, 0.15) is 15.9 Å². The topological polar surface area (TPSA) is 118 Å². The van der Waals surface area contributed by atoms with Gasteiger partial charge in [-0.2, -0.15) is 0 Å². The van der Waals surface area contributed by atoms with E-state index >= 15 is 0 Å². The molecule has 0 aliphatic carbocycles. The number of benzene rings is 2. The summed E-state index contributed by atoms with van der Waals surface area (Å²) >= 11 is 0. The van der Waals surface area contributed by atoms with Gasteiger partial charge in [0.15, 0.2) is 6.29 Å². The van der Waals surface area contributed by atoms with Gasteiger partial charge in [-0.3, -0.25) is 4.79 Å². The first-order valence-corrected chi connectivity index (χ1v) is 5.56. The highest BCUT2D eigenvalue weighted by molar-refractivity contribution is 5.79. The van der Waals surface area contributed by atoms with E-state index in [0.717, 1.165) is 0 Å². The average molecular weight is 278 g/mol. The Morgan fingerprint density at radius 1 is 0.850 bits per heavy atom. The summed E-state index contributed by atoms with van der Waals surface area (Å²) in [6, 6.07) is 7.77. The van der Waals surface area contributed by atoms with Crippen LogP contribution in [0.5, 0.6) is 23.0 Å². The predicted molar refractivity (Wildman–Crippen MR) is 70.9 cm³/mol. The molecule has 0 atom stereocenters. The fraction of sp³-hybridized carbons (Fsp3) is 0.0714. The number of carbonyl (C=O) groups is 1. The second-order valence-corrected chi connectivity index (χ2v) is 3.83. The van der Waals surface area contributed by atoms with E-state index in [9.17, 15) is 4.79 Å². The summed E-state index contributed by atoms with van der Waals surface area (Å²) in [6.07, 6.45) is 0.481. The third-order valence-electron chi connectivity index (χ3n) is 2.37. The Kier molecular flexibility index (Phi) is 5.37. The minimum atomic E-state index is -0.264. The Hall–Kier alpha value is -2.73. The van der Waals surface area contributed by atoms with Gasteiger partial charge in [0.05, 0.1) is 12.2 Å². The summed E-state index contributed by atoms with van der Waals surface area (Å²) in [4.78, 5) is 10.1. The van der Waals surface area contributed by atoms with Gasteiger partial charge in [0.1, 0.15) is 23.0 Å². The molecule has 0 bridgehead atoms. The quantitative estimate of drug-likeness (QED) is 0.419. The molecule has 6 heteroatoms. The van der Waals surface area contributed by atoms with Crippen LogP contribution in [0.2, 0.25) is 0 Å². The number of aldehydes is 1. The minimum absolute atomic E-state index is 0.000278. The maximum absolute atomic E-state index is 10.1. The van der Waals surface area contributed by atoms with Crippen LogP contribution in [-0.4, -0.2) is 31.8 Å². The van der Waals surface area contributed by atoms with Crippen molar-refractivity contribution in [1.29, 1.82) is 0 Å². The second kappa shape index (κ2) is 7.01. The van der Waals surface area contributed by atoms with Crippen molar-refractivity contribution in [1.82, 2.24) is 0 Å². The monoisotopic (exact) mass is 278 g/mol. The fourth-order valence-electron chi connectivity index (χ4n) is 1.33. The largest absolute Gasteiger partial charge is 0.508 e. The number of aromatic hydroxyl groups is 4. The Morgan fingerprint density at radius 3 is 1.85 bits per heavy atom. The zero-order valence-electron chi connectivity index (χ0n) is 10.4. The van der Waals surface area contributed by atoms with E-state index in [0.29, 0.717) is 11.8 Å². The molecule has 0 aromatic heterocycles. The van der Waals surface area contributed by atoms with Gasteiger partial charge in [0.2, 0.25) is 0 Å². The first-order chi connectivity index (χ1) is 9.47.